The number of allylic oxidation sites excluding steroid dienone is 2. The number of benzene rings is 2. The molecule has 3 nitrogen and oxygen atoms in total. The van der Waals surface area contributed by atoms with Crippen LogP contribution >= 0.6 is 11.6 Å². The third-order valence-corrected chi connectivity index (χ3v) is 4.14. The molecule has 1 N–H and O–H groups in total. The van der Waals surface area contributed by atoms with Crippen molar-refractivity contribution in [2.45, 2.75) is 11.8 Å². The van der Waals surface area contributed by atoms with Gasteiger partial charge in [-0.05, 0) is 18.6 Å². The summed E-state index contributed by atoms with van der Waals surface area (Å²) in [5.41, 5.74) is 0.175. The molecule has 22 heavy (non-hydrogen) atoms. The van der Waals surface area contributed by atoms with Crippen LogP contribution in [0.15, 0.2) is 60.7 Å². The molecule has 0 amide bonds. The van der Waals surface area contributed by atoms with Crippen LogP contribution in [-0.2, 0) is 10.2 Å². The molecule has 1 heterocycles. The van der Waals surface area contributed by atoms with E-state index in [-0.39, 0.29) is 0 Å². The van der Waals surface area contributed by atoms with Crippen molar-refractivity contribution in [3.8, 4) is 11.5 Å². The van der Waals surface area contributed by atoms with E-state index < -0.39 is 11.4 Å². The Balaban J connectivity index is 2.26. The average Bonchev–Trinajstić information content (AvgIpc) is 2.54. The number of carboxylic acid groups (broad SMARTS) is 1. The fraction of sp³-hybridized carbons (Fsp3) is 0.167. The first-order chi connectivity index (χ1) is 10.7. The number of ether oxygens (including phenoxy) is 1. The molecule has 1 aliphatic heterocycles. The van der Waals surface area contributed by atoms with Gasteiger partial charge in [-0.3, -0.25) is 4.79 Å². The second-order valence-corrected chi connectivity index (χ2v) is 5.44. The maximum atomic E-state index is 12.3. The number of rotatable bonds is 4. The molecule has 0 atom stereocenters. The van der Waals surface area contributed by atoms with Gasteiger partial charge in [0, 0.05) is 17.0 Å². The molecule has 4 heteroatoms. The molecule has 2 aromatic rings. The molecular formula is C18H15ClO3. The van der Waals surface area contributed by atoms with E-state index in [0.29, 0.717) is 34.9 Å². The smallest absolute Gasteiger partial charge is 0.319 e. The molecule has 112 valence electrons. The van der Waals surface area contributed by atoms with Crippen molar-refractivity contribution in [3.05, 3.63) is 71.8 Å². The lowest BCUT2D eigenvalue weighted by Crippen LogP contribution is -2.39. The van der Waals surface area contributed by atoms with E-state index in [1.807, 2.05) is 42.5 Å². The van der Waals surface area contributed by atoms with E-state index in [1.54, 1.807) is 18.2 Å². The number of para-hydroxylation sites is 2. The predicted molar refractivity (Wildman–Crippen MR) is 85.9 cm³/mol. The Labute approximate surface area is 133 Å². The lowest BCUT2D eigenvalue weighted by Gasteiger charge is -2.36. The number of carboxylic acids is 1. The van der Waals surface area contributed by atoms with Gasteiger partial charge < -0.3 is 9.84 Å². The van der Waals surface area contributed by atoms with Gasteiger partial charge in [-0.2, -0.15) is 0 Å². The molecule has 3 rings (SSSR count). The summed E-state index contributed by atoms with van der Waals surface area (Å²) in [7, 11) is 0. The van der Waals surface area contributed by atoms with Crippen molar-refractivity contribution in [1.82, 2.24) is 0 Å². The minimum absolute atomic E-state index is 0.326. The first-order valence-electron chi connectivity index (χ1n) is 7.01. The van der Waals surface area contributed by atoms with Crippen LogP contribution in [0.3, 0.4) is 0 Å². The summed E-state index contributed by atoms with van der Waals surface area (Å²) in [6.45, 7) is 0. The maximum Gasteiger partial charge on any atom is 0.319 e. The molecule has 0 aliphatic carbocycles. The van der Waals surface area contributed by atoms with Gasteiger partial charge in [0.15, 0.2) is 0 Å². The number of alkyl halides is 1. The van der Waals surface area contributed by atoms with Gasteiger partial charge in [0.2, 0.25) is 0 Å². The Bertz CT molecular complexity index is 691. The van der Waals surface area contributed by atoms with Crippen LogP contribution in [0, 0.1) is 0 Å². The highest BCUT2D eigenvalue weighted by atomic mass is 35.5. The van der Waals surface area contributed by atoms with Crippen LogP contribution in [-0.4, -0.2) is 17.0 Å². The summed E-state index contributed by atoms with van der Waals surface area (Å²) >= 11 is 5.69. The van der Waals surface area contributed by atoms with Gasteiger partial charge >= 0.3 is 5.97 Å². The van der Waals surface area contributed by atoms with E-state index in [0.717, 1.165) is 0 Å². The summed E-state index contributed by atoms with van der Waals surface area (Å²) < 4.78 is 5.88. The maximum absolute atomic E-state index is 12.3. The van der Waals surface area contributed by atoms with E-state index in [1.165, 1.54) is 0 Å². The van der Waals surface area contributed by atoms with Gasteiger partial charge in [0.1, 0.15) is 16.9 Å². The Morgan fingerprint density at radius 2 is 1.59 bits per heavy atom. The first-order valence-corrected chi connectivity index (χ1v) is 7.55. The quantitative estimate of drug-likeness (QED) is 0.674. The SMILES string of the molecule is O=C(O)C1(C/C=C\CCl)c2ccccc2Oc2ccccc21. The van der Waals surface area contributed by atoms with Crippen molar-refractivity contribution in [1.29, 1.82) is 0 Å². The summed E-state index contributed by atoms with van der Waals surface area (Å²) in [6.07, 6.45) is 3.92. The Morgan fingerprint density at radius 3 is 2.09 bits per heavy atom. The standard InChI is InChI=1S/C18H15ClO3/c19-12-6-5-11-18(17(20)21)13-7-1-3-9-15(13)22-16-10-4-2-8-14(16)18/h1-10H,11-12H2,(H,20,21)/b6-5-. The van der Waals surface area contributed by atoms with E-state index in [9.17, 15) is 9.90 Å². The van der Waals surface area contributed by atoms with Gasteiger partial charge in [0.05, 0.1) is 0 Å². The highest BCUT2D eigenvalue weighted by Gasteiger charge is 2.47. The summed E-state index contributed by atoms with van der Waals surface area (Å²) in [5, 5.41) is 10.1. The zero-order valence-corrected chi connectivity index (χ0v) is 12.6. The molecule has 0 radical (unpaired) electrons. The van der Waals surface area contributed by atoms with Gasteiger partial charge in [0.25, 0.3) is 0 Å². The molecule has 1 aliphatic rings. The van der Waals surface area contributed by atoms with Crippen molar-refractivity contribution in [2.24, 2.45) is 0 Å². The molecule has 0 bridgehead atoms. The highest BCUT2D eigenvalue weighted by molar-refractivity contribution is 6.18. The Hall–Kier alpha value is -2.26. The molecule has 0 unspecified atom stereocenters. The zero-order chi connectivity index (χ0) is 15.6. The summed E-state index contributed by atoms with van der Waals surface area (Å²) in [5.74, 6) is 0.635. The number of carbonyl (C=O) groups is 1. The van der Waals surface area contributed by atoms with Gasteiger partial charge in [-0.1, -0.05) is 48.6 Å². The fourth-order valence-corrected chi connectivity index (χ4v) is 3.07. The van der Waals surface area contributed by atoms with Crippen LogP contribution in [0.4, 0.5) is 0 Å². The number of halogens is 1. The van der Waals surface area contributed by atoms with E-state index in [4.69, 9.17) is 16.3 Å². The second kappa shape index (κ2) is 5.85. The van der Waals surface area contributed by atoms with Gasteiger partial charge in [-0.25, -0.2) is 0 Å². The number of aliphatic carboxylic acids is 1. The van der Waals surface area contributed by atoms with E-state index in [2.05, 4.69) is 0 Å². The predicted octanol–water partition coefficient (Wildman–Crippen LogP) is 4.35. The normalized spacial score (nSPS) is 15.0. The minimum Gasteiger partial charge on any atom is -0.480 e. The molecule has 0 saturated carbocycles. The van der Waals surface area contributed by atoms with Crippen LogP contribution in [0.1, 0.15) is 17.5 Å². The molecule has 0 spiro atoms. The van der Waals surface area contributed by atoms with Crippen LogP contribution in [0.2, 0.25) is 0 Å². The fourth-order valence-electron chi connectivity index (χ4n) is 2.94. The van der Waals surface area contributed by atoms with E-state index >= 15 is 0 Å². The van der Waals surface area contributed by atoms with Crippen molar-refractivity contribution in [2.75, 3.05) is 5.88 Å². The third-order valence-electron chi connectivity index (χ3n) is 3.96. The highest BCUT2D eigenvalue weighted by Crippen LogP contribution is 2.50. The lowest BCUT2D eigenvalue weighted by molar-refractivity contribution is -0.142. The Kier molecular flexibility index (Phi) is 3.90. The second-order valence-electron chi connectivity index (χ2n) is 5.13. The molecule has 0 saturated heterocycles. The van der Waals surface area contributed by atoms with Crippen LogP contribution < -0.4 is 4.74 Å². The zero-order valence-electron chi connectivity index (χ0n) is 11.8. The molecular weight excluding hydrogens is 300 g/mol. The molecule has 2 aromatic carbocycles. The number of hydrogen-bond acceptors (Lipinski definition) is 2. The molecule has 0 aromatic heterocycles. The van der Waals surface area contributed by atoms with Crippen molar-refractivity contribution < 1.29 is 14.6 Å². The van der Waals surface area contributed by atoms with Crippen LogP contribution in [0.5, 0.6) is 11.5 Å². The average molecular weight is 315 g/mol. The van der Waals surface area contributed by atoms with Crippen molar-refractivity contribution in [3.63, 3.8) is 0 Å². The number of fused-ring (bicyclic) bond motifs is 2. The summed E-state index contributed by atoms with van der Waals surface area (Å²) in [4.78, 5) is 12.3. The monoisotopic (exact) mass is 314 g/mol. The Morgan fingerprint density at radius 1 is 1.05 bits per heavy atom. The topological polar surface area (TPSA) is 46.5 Å². The number of hydrogen-bond donors (Lipinski definition) is 1. The van der Waals surface area contributed by atoms with Gasteiger partial charge in [-0.15, -0.1) is 11.6 Å². The lowest BCUT2D eigenvalue weighted by atomic mass is 9.70. The largest absolute Gasteiger partial charge is 0.480 e. The van der Waals surface area contributed by atoms with Crippen LogP contribution in [0.25, 0.3) is 0 Å². The summed E-state index contributed by atoms with van der Waals surface area (Å²) in [6, 6.07) is 14.6. The van der Waals surface area contributed by atoms with Crippen molar-refractivity contribution >= 4 is 17.6 Å². The first kappa shape index (κ1) is 14.7. The third kappa shape index (κ3) is 2.18. The molecule has 0 fully saturated rings. The minimum atomic E-state index is -1.16.